The van der Waals surface area contributed by atoms with E-state index in [0.717, 1.165) is 63.9 Å². The number of hydrogen-bond donors (Lipinski definition) is 1. The molecular formula is C25H35N3O2. The smallest absolute Gasteiger partial charge is 0.119 e. The summed E-state index contributed by atoms with van der Waals surface area (Å²) in [6.45, 7) is 8.09. The predicted molar refractivity (Wildman–Crippen MR) is 122 cm³/mol. The molecule has 5 nitrogen and oxygen atoms in total. The van der Waals surface area contributed by atoms with Gasteiger partial charge >= 0.3 is 0 Å². The first-order chi connectivity index (χ1) is 14.8. The van der Waals surface area contributed by atoms with Gasteiger partial charge in [-0.25, -0.2) is 0 Å². The maximum absolute atomic E-state index is 6.05. The van der Waals surface area contributed by atoms with Crippen LogP contribution in [0.2, 0.25) is 0 Å². The van der Waals surface area contributed by atoms with E-state index in [2.05, 4.69) is 70.7 Å². The predicted octanol–water partition coefficient (Wildman–Crippen LogP) is 3.50. The van der Waals surface area contributed by atoms with Crippen molar-refractivity contribution in [3.63, 3.8) is 0 Å². The first-order valence-electron chi connectivity index (χ1n) is 11.4. The number of benzene rings is 2. The molecule has 0 saturated carbocycles. The van der Waals surface area contributed by atoms with Crippen molar-refractivity contribution in [2.24, 2.45) is 0 Å². The summed E-state index contributed by atoms with van der Waals surface area (Å²) in [7, 11) is 2.22. The zero-order chi connectivity index (χ0) is 20.6. The molecule has 30 heavy (non-hydrogen) atoms. The molecule has 2 aliphatic heterocycles. The Balaban J connectivity index is 1.25. The van der Waals surface area contributed by atoms with Crippen LogP contribution in [0.25, 0.3) is 11.1 Å². The number of nitrogens with zero attached hydrogens (tertiary/aromatic N) is 2. The second-order valence-corrected chi connectivity index (χ2v) is 8.41. The van der Waals surface area contributed by atoms with Gasteiger partial charge < -0.3 is 19.7 Å². The van der Waals surface area contributed by atoms with Gasteiger partial charge in [-0.15, -0.1) is 0 Å². The summed E-state index contributed by atoms with van der Waals surface area (Å²) in [5, 5.41) is 3.38. The number of hydrogen-bond acceptors (Lipinski definition) is 5. The second-order valence-electron chi connectivity index (χ2n) is 8.41. The van der Waals surface area contributed by atoms with Crippen LogP contribution in [0.15, 0.2) is 48.5 Å². The van der Waals surface area contributed by atoms with E-state index < -0.39 is 0 Å². The highest BCUT2D eigenvalue weighted by Gasteiger charge is 2.20. The fraction of sp³-hybridized carbons (Fsp3) is 0.520. The number of piperazine rings is 1. The minimum absolute atomic E-state index is 0.673. The average molecular weight is 410 g/mol. The van der Waals surface area contributed by atoms with Crippen LogP contribution >= 0.6 is 0 Å². The normalized spacial score (nSPS) is 20.4. The number of nitrogens with one attached hydrogen (secondary N) is 1. The Kier molecular flexibility index (Phi) is 7.62. The molecule has 0 radical (unpaired) electrons. The highest BCUT2D eigenvalue weighted by atomic mass is 16.5. The largest absolute Gasteiger partial charge is 0.494 e. The molecule has 4 rings (SSSR count). The van der Waals surface area contributed by atoms with E-state index in [1.54, 1.807) is 0 Å². The van der Waals surface area contributed by atoms with E-state index in [1.165, 1.54) is 30.5 Å². The number of rotatable bonds is 9. The Morgan fingerprint density at radius 3 is 2.47 bits per heavy atom. The minimum Gasteiger partial charge on any atom is -0.494 e. The monoisotopic (exact) mass is 409 g/mol. The van der Waals surface area contributed by atoms with Crippen molar-refractivity contribution in [3.8, 4) is 22.6 Å². The Morgan fingerprint density at radius 1 is 0.900 bits per heavy atom. The molecule has 0 bridgehead atoms. The van der Waals surface area contributed by atoms with Gasteiger partial charge in [0.2, 0.25) is 0 Å². The van der Waals surface area contributed by atoms with Gasteiger partial charge in [-0.2, -0.15) is 0 Å². The van der Waals surface area contributed by atoms with Gasteiger partial charge in [-0.3, -0.25) is 4.90 Å². The van der Waals surface area contributed by atoms with Crippen molar-refractivity contribution < 1.29 is 9.47 Å². The van der Waals surface area contributed by atoms with Crippen LogP contribution < -0.4 is 14.8 Å². The average Bonchev–Trinajstić information content (AvgIpc) is 3.20. The molecule has 162 valence electrons. The molecule has 1 atom stereocenters. The van der Waals surface area contributed by atoms with Crippen LogP contribution in [-0.4, -0.2) is 75.4 Å². The molecule has 1 unspecified atom stereocenters. The molecule has 1 N–H and O–H groups in total. The molecule has 2 saturated heterocycles. The van der Waals surface area contributed by atoms with Crippen molar-refractivity contribution in [2.75, 3.05) is 59.5 Å². The first kappa shape index (κ1) is 21.2. The van der Waals surface area contributed by atoms with Crippen molar-refractivity contribution >= 4 is 0 Å². The Morgan fingerprint density at radius 2 is 1.70 bits per heavy atom. The van der Waals surface area contributed by atoms with Gasteiger partial charge in [0.25, 0.3) is 0 Å². The summed E-state index contributed by atoms with van der Waals surface area (Å²) in [5.41, 5.74) is 2.36. The van der Waals surface area contributed by atoms with Crippen molar-refractivity contribution in [3.05, 3.63) is 48.5 Å². The van der Waals surface area contributed by atoms with Crippen molar-refractivity contribution in [1.29, 1.82) is 0 Å². The maximum Gasteiger partial charge on any atom is 0.119 e. The molecule has 2 aromatic carbocycles. The quantitative estimate of drug-likeness (QED) is 0.686. The van der Waals surface area contributed by atoms with Crippen LogP contribution in [-0.2, 0) is 0 Å². The standard InChI is InChI=1S/C25H35N3O2/c1-27-14-3-5-23(27)11-18-29-25-6-2-4-22(20-25)21-7-9-24(10-8-21)30-19-17-28-15-12-26-13-16-28/h2,4,6-10,20,23,26H,3,5,11-19H2,1H3. The third-order valence-corrected chi connectivity index (χ3v) is 6.30. The van der Waals surface area contributed by atoms with Crippen LogP contribution in [0.4, 0.5) is 0 Å². The molecule has 0 aromatic heterocycles. The molecule has 2 aromatic rings. The summed E-state index contributed by atoms with van der Waals surface area (Å²) in [5.74, 6) is 1.88. The third-order valence-electron chi connectivity index (χ3n) is 6.30. The lowest BCUT2D eigenvalue weighted by Crippen LogP contribution is -2.44. The molecule has 2 aliphatic rings. The lowest BCUT2D eigenvalue weighted by Gasteiger charge is -2.26. The Hall–Kier alpha value is -2.08. The van der Waals surface area contributed by atoms with Gasteiger partial charge in [-0.05, 0) is 68.2 Å². The molecule has 0 spiro atoms. The zero-order valence-electron chi connectivity index (χ0n) is 18.2. The van der Waals surface area contributed by atoms with Crippen LogP contribution in [0, 0.1) is 0 Å². The van der Waals surface area contributed by atoms with Crippen LogP contribution in [0.5, 0.6) is 11.5 Å². The summed E-state index contributed by atoms with van der Waals surface area (Å²) in [6.07, 6.45) is 3.70. The van der Waals surface area contributed by atoms with E-state index in [-0.39, 0.29) is 0 Å². The SMILES string of the molecule is CN1CCCC1CCOc1cccc(-c2ccc(OCCN3CCNCC3)cc2)c1. The second kappa shape index (κ2) is 10.8. The number of likely N-dealkylation sites (tertiary alicyclic amines) is 1. The third kappa shape index (κ3) is 5.97. The minimum atomic E-state index is 0.673. The molecule has 0 aliphatic carbocycles. The summed E-state index contributed by atoms with van der Waals surface area (Å²) >= 11 is 0. The molecule has 5 heteroatoms. The summed E-state index contributed by atoms with van der Waals surface area (Å²) in [6, 6.07) is 17.5. The zero-order valence-corrected chi connectivity index (χ0v) is 18.2. The maximum atomic E-state index is 6.05. The van der Waals surface area contributed by atoms with E-state index >= 15 is 0 Å². The fourth-order valence-corrected chi connectivity index (χ4v) is 4.39. The van der Waals surface area contributed by atoms with E-state index in [4.69, 9.17) is 9.47 Å². The lowest BCUT2D eigenvalue weighted by atomic mass is 10.1. The molecule has 2 heterocycles. The van der Waals surface area contributed by atoms with Crippen LogP contribution in [0.1, 0.15) is 19.3 Å². The Bertz CT molecular complexity index is 774. The molecule has 2 fully saturated rings. The topological polar surface area (TPSA) is 37.0 Å². The van der Waals surface area contributed by atoms with Gasteiger partial charge in [0.05, 0.1) is 6.61 Å². The van der Waals surface area contributed by atoms with Crippen LogP contribution in [0.3, 0.4) is 0 Å². The van der Waals surface area contributed by atoms with Crippen molar-refractivity contribution in [2.45, 2.75) is 25.3 Å². The summed E-state index contributed by atoms with van der Waals surface area (Å²) < 4.78 is 12.0. The number of ether oxygens (including phenoxy) is 2. The first-order valence-corrected chi connectivity index (χ1v) is 11.4. The van der Waals surface area contributed by atoms with Gasteiger partial charge in [0, 0.05) is 38.8 Å². The Labute approximate surface area is 181 Å². The van der Waals surface area contributed by atoms with E-state index in [0.29, 0.717) is 6.04 Å². The highest BCUT2D eigenvalue weighted by molar-refractivity contribution is 5.65. The lowest BCUT2D eigenvalue weighted by molar-refractivity contribution is 0.191. The van der Waals surface area contributed by atoms with E-state index in [9.17, 15) is 0 Å². The van der Waals surface area contributed by atoms with Gasteiger partial charge in [-0.1, -0.05) is 24.3 Å². The van der Waals surface area contributed by atoms with Gasteiger partial charge in [0.15, 0.2) is 0 Å². The molecule has 0 amide bonds. The molecular weight excluding hydrogens is 374 g/mol. The van der Waals surface area contributed by atoms with Gasteiger partial charge in [0.1, 0.15) is 18.1 Å². The van der Waals surface area contributed by atoms with E-state index in [1.807, 2.05) is 0 Å². The highest BCUT2D eigenvalue weighted by Crippen LogP contribution is 2.26. The fourth-order valence-electron chi connectivity index (χ4n) is 4.39. The van der Waals surface area contributed by atoms with Crippen molar-refractivity contribution in [1.82, 2.24) is 15.1 Å². The summed E-state index contributed by atoms with van der Waals surface area (Å²) in [4.78, 5) is 4.90.